The van der Waals surface area contributed by atoms with E-state index >= 15 is 0 Å². The zero-order chi connectivity index (χ0) is 23.3. The van der Waals surface area contributed by atoms with Gasteiger partial charge in [0, 0.05) is 29.9 Å². The molecule has 0 aliphatic heterocycles. The van der Waals surface area contributed by atoms with E-state index in [1.54, 1.807) is 11.0 Å². The lowest BCUT2D eigenvalue weighted by Crippen LogP contribution is -2.39. The highest BCUT2D eigenvalue weighted by Crippen LogP contribution is 2.25. The fourth-order valence-corrected chi connectivity index (χ4v) is 3.09. The van der Waals surface area contributed by atoms with E-state index in [9.17, 15) is 18.0 Å². The standard InChI is InChI=1S/C22H20ClF3N4O2/c1-14(2)30(21(31)29-17-6-8-18(9-7-17)32-22(24,25)26)12-15-4-3-5-16(10-15)19-11-20(23)28-13-27-19/h3-11,13-14H,12H2,1-2H3,(H,29,31). The lowest BCUT2D eigenvalue weighted by Gasteiger charge is -2.27. The van der Waals surface area contributed by atoms with Crippen LogP contribution in [0.25, 0.3) is 11.3 Å². The minimum absolute atomic E-state index is 0.139. The van der Waals surface area contributed by atoms with Crippen LogP contribution in [0.15, 0.2) is 60.9 Å². The number of urea groups is 1. The van der Waals surface area contributed by atoms with E-state index in [2.05, 4.69) is 20.0 Å². The number of aromatic nitrogens is 2. The highest BCUT2D eigenvalue weighted by Gasteiger charge is 2.31. The second kappa shape index (κ2) is 9.86. The molecule has 0 atom stereocenters. The van der Waals surface area contributed by atoms with Gasteiger partial charge < -0.3 is 15.0 Å². The van der Waals surface area contributed by atoms with E-state index < -0.39 is 6.36 Å². The third kappa shape index (κ3) is 6.58. The van der Waals surface area contributed by atoms with Crippen molar-refractivity contribution < 1.29 is 22.7 Å². The number of hydrogen-bond acceptors (Lipinski definition) is 4. The van der Waals surface area contributed by atoms with Crippen molar-refractivity contribution in [2.45, 2.75) is 32.8 Å². The van der Waals surface area contributed by atoms with Crippen molar-refractivity contribution in [3.63, 3.8) is 0 Å². The molecule has 2 amide bonds. The summed E-state index contributed by atoms with van der Waals surface area (Å²) in [5, 5.41) is 3.03. The predicted molar refractivity (Wildman–Crippen MR) is 115 cm³/mol. The summed E-state index contributed by atoms with van der Waals surface area (Å²) in [6.07, 6.45) is -3.39. The van der Waals surface area contributed by atoms with Crippen molar-refractivity contribution in [2.75, 3.05) is 5.32 Å². The lowest BCUT2D eigenvalue weighted by atomic mass is 10.1. The Morgan fingerprint density at radius 2 is 1.84 bits per heavy atom. The van der Waals surface area contributed by atoms with Gasteiger partial charge in [0.05, 0.1) is 5.69 Å². The van der Waals surface area contributed by atoms with Crippen molar-refractivity contribution in [3.8, 4) is 17.0 Å². The monoisotopic (exact) mass is 464 g/mol. The first-order valence-corrected chi connectivity index (χ1v) is 9.99. The van der Waals surface area contributed by atoms with Crippen molar-refractivity contribution in [3.05, 3.63) is 71.6 Å². The first-order chi connectivity index (χ1) is 15.1. The molecule has 0 fully saturated rings. The zero-order valence-electron chi connectivity index (χ0n) is 17.2. The van der Waals surface area contributed by atoms with Gasteiger partial charge in [0.25, 0.3) is 0 Å². The van der Waals surface area contributed by atoms with Crippen molar-refractivity contribution >= 4 is 23.3 Å². The molecule has 3 rings (SSSR count). The smallest absolute Gasteiger partial charge is 0.406 e. The molecule has 2 aromatic carbocycles. The normalized spacial score (nSPS) is 11.3. The lowest BCUT2D eigenvalue weighted by molar-refractivity contribution is -0.274. The summed E-state index contributed by atoms with van der Waals surface area (Å²) in [5.74, 6) is -0.363. The Kier molecular flexibility index (Phi) is 7.19. The Morgan fingerprint density at radius 3 is 2.47 bits per heavy atom. The molecule has 10 heteroatoms. The maximum absolute atomic E-state index is 12.8. The van der Waals surface area contributed by atoms with Crippen molar-refractivity contribution in [1.82, 2.24) is 14.9 Å². The number of anilines is 1. The average molecular weight is 465 g/mol. The van der Waals surface area contributed by atoms with Crippen molar-refractivity contribution in [2.24, 2.45) is 0 Å². The van der Waals surface area contributed by atoms with Crippen LogP contribution >= 0.6 is 11.6 Å². The van der Waals surface area contributed by atoms with Crippen LogP contribution < -0.4 is 10.1 Å². The SMILES string of the molecule is CC(C)N(Cc1cccc(-c2cc(Cl)ncn2)c1)C(=O)Nc1ccc(OC(F)(F)F)cc1. The van der Waals surface area contributed by atoms with Crippen LogP contribution in [0.3, 0.4) is 0 Å². The molecule has 6 nitrogen and oxygen atoms in total. The van der Waals surface area contributed by atoms with Gasteiger partial charge in [0.15, 0.2) is 0 Å². The fraction of sp³-hybridized carbons (Fsp3) is 0.227. The van der Waals surface area contributed by atoms with Gasteiger partial charge in [0.2, 0.25) is 0 Å². The number of amides is 2. The molecule has 168 valence electrons. The number of carbonyl (C=O) groups is 1. The molecular formula is C22H20ClF3N4O2. The molecule has 0 radical (unpaired) electrons. The van der Waals surface area contributed by atoms with Gasteiger partial charge >= 0.3 is 12.4 Å². The van der Waals surface area contributed by atoms with E-state index in [0.29, 0.717) is 23.1 Å². The summed E-state index contributed by atoms with van der Waals surface area (Å²) in [4.78, 5) is 22.5. The Balaban J connectivity index is 1.72. The minimum atomic E-state index is -4.77. The quantitative estimate of drug-likeness (QED) is 0.445. The molecule has 0 bridgehead atoms. The zero-order valence-corrected chi connectivity index (χ0v) is 18.0. The molecule has 3 aromatic rings. The van der Waals surface area contributed by atoms with Crippen LogP contribution in [0, 0.1) is 0 Å². The Bertz CT molecular complexity index is 1080. The molecule has 1 aromatic heterocycles. The van der Waals surface area contributed by atoms with Crippen LogP contribution in [-0.2, 0) is 6.54 Å². The molecular weight excluding hydrogens is 445 g/mol. The number of rotatable bonds is 6. The fourth-order valence-electron chi connectivity index (χ4n) is 2.94. The number of benzene rings is 2. The van der Waals surface area contributed by atoms with Gasteiger partial charge in [-0.25, -0.2) is 14.8 Å². The number of ether oxygens (including phenoxy) is 1. The van der Waals surface area contributed by atoms with Crippen LogP contribution in [0.5, 0.6) is 5.75 Å². The largest absolute Gasteiger partial charge is 0.573 e. The Morgan fingerprint density at radius 1 is 1.12 bits per heavy atom. The number of halogens is 4. The van der Waals surface area contributed by atoms with Crippen LogP contribution in [0.1, 0.15) is 19.4 Å². The van der Waals surface area contributed by atoms with Gasteiger partial charge in [-0.3, -0.25) is 0 Å². The molecule has 0 spiro atoms. The molecule has 1 heterocycles. The number of nitrogens with zero attached hydrogens (tertiary/aromatic N) is 3. The number of alkyl halides is 3. The van der Waals surface area contributed by atoms with E-state index in [4.69, 9.17) is 11.6 Å². The van der Waals surface area contributed by atoms with E-state index in [1.807, 2.05) is 38.1 Å². The van der Waals surface area contributed by atoms with E-state index in [-0.39, 0.29) is 17.8 Å². The summed E-state index contributed by atoms with van der Waals surface area (Å²) in [7, 11) is 0. The maximum atomic E-state index is 12.8. The Labute approximate surface area is 188 Å². The van der Waals surface area contributed by atoms with E-state index in [0.717, 1.165) is 23.3 Å². The Hall–Kier alpha value is -3.33. The average Bonchev–Trinajstić information content (AvgIpc) is 2.72. The van der Waals surface area contributed by atoms with Gasteiger partial charge in [0.1, 0.15) is 17.2 Å². The molecule has 1 N–H and O–H groups in total. The first-order valence-electron chi connectivity index (χ1n) is 9.61. The third-order valence-electron chi connectivity index (χ3n) is 4.43. The number of hydrogen-bond donors (Lipinski definition) is 1. The molecule has 0 saturated heterocycles. The minimum Gasteiger partial charge on any atom is -0.406 e. The summed E-state index contributed by atoms with van der Waals surface area (Å²) < 4.78 is 40.7. The third-order valence-corrected chi connectivity index (χ3v) is 4.64. The second-order valence-corrected chi connectivity index (χ2v) is 7.54. The first kappa shape index (κ1) is 23.3. The molecule has 0 aliphatic rings. The van der Waals surface area contributed by atoms with E-state index in [1.165, 1.54) is 18.5 Å². The maximum Gasteiger partial charge on any atom is 0.573 e. The molecule has 0 aliphatic carbocycles. The van der Waals surface area contributed by atoms with Gasteiger partial charge in [-0.05, 0) is 49.7 Å². The van der Waals surface area contributed by atoms with Gasteiger partial charge in [-0.2, -0.15) is 0 Å². The summed E-state index contributed by atoms with van der Waals surface area (Å²) in [6.45, 7) is 4.05. The van der Waals surface area contributed by atoms with Crippen LogP contribution in [-0.4, -0.2) is 33.3 Å². The number of carbonyl (C=O) groups excluding carboxylic acids is 1. The van der Waals surface area contributed by atoms with Crippen molar-refractivity contribution in [1.29, 1.82) is 0 Å². The highest BCUT2D eigenvalue weighted by molar-refractivity contribution is 6.29. The molecule has 0 unspecified atom stereocenters. The second-order valence-electron chi connectivity index (χ2n) is 7.15. The summed E-state index contributed by atoms with van der Waals surface area (Å²) >= 11 is 5.94. The van der Waals surface area contributed by atoms with Gasteiger partial charge in [-0.1, -0.05) is 29.8 Å². The summed E-state index contributed by atoms with van der Waals surface area (Å²) in [5.41, 5.74) is 2.71. The predicted octanol–water partition coefficient (Wildman–Crippen LogP) is 6.14. The van der Waals surface area contributed by atoms with Crippen LogP contribution in [0.2, 0.25) is 5.15 Å². The van der Waals surface area contributed by atoms with Gasteiger partial charge in [-0.15, -0.1) is 13.2 Å². The highest BCUT2D eigenvalue weighted by atomic mass is 35.5. The molecule has 0 saturated carbocycles. The molecule has 32 heavy (non-hydrogen) atoms. The number of nitrogens with one attached hydrogen (secondary N) is 1. The van der Waals surface area contributed by atoms with Crippen LogP contribution in [0.4, 0.5) is 23.7 Å². The topological polar surface area (TPSA) is 67.4 Å². The summed E-state index contributed by atoms with van der Waals surface area (Å²) in [6, 6.07) is 13.6.